The molecule has 2 rings (SSSR count). The van der Waals surface area contributed by atoms with Crippen LogP contribution in [0.25, 0.3) is 0 Å². The number of piperidine rings is 1. The maximum Gasteiger partial charge on any atom is 0.244 e. The van der Waals surface area contributed by atoms with Gasteiger partial charge in [0.1, 0.15) is 11.9 Å². The fourth-order valence-corrected chi connectivity index (χ4v) is 2.87. The summed E-state index contributed by atoms with van der Waals surface area (Å²) in [6.45, 7) is 2.78. The van der Waals surface area contributed by atoms with E-state index in [0.29, 0.717) is 0 Å². The van der Waals surface area contributed by atoms with E-state index >= 15 is 0 Å². The van der Waals surface area contributed by atoms with Crippen LogP contribution in [0, 0.1) is 6.92 Å². The highest BCUT2D eigenvalue weighted by Crippen LogP contribution is 2.26. The summed E-state index contributed by atoms with van der Waals surface area (Å²) in [5.74, 6) is 0.948. The number of carbonyl (C=O) groups excluding carboxylic acids is 1. The fraction of sp³-hybridized carbons (Fsp3) is 0.727. The second kappa shape index (κ2) is 5.00. The number of anilines is 1. The summed E-state index contributed by atoms with van der Waals surface area (Å²) >= 11 is 1.38. The van der Waals surface area contributed by atoms with Crippen molar-refractivity contribution in [3.8, 4) is 0 Å². The Morgan fingerprint density at radius 2 is 2.24 bits per heavy atom. The Labute approximate surface area is 106 Å². The number of hydrogen-bond acceptors (Lipinski definition) is 5. The Morgan fingerprint density at radius 1 is 1.47 bits per heavy atom. The molecule has 1 saturated heterocycles. The van der Waals surface area contributed by atoms with E-state index < -0.39 is 0 Å². The van der Waals surface area contributed by atoms with E-state index in [0.717, 1.165) is 36.8 Å². The maximum absolute atomic E-state index is 12.1. The topological polar surface area (TPSA) is 49.3 Å². The van der Waals surface area contributed by atoms with Crippen LogP contribution in [0.1, 0.15) is 25.1 Å². The summed E-state index contributed by atoms with van der Waals surface area (Å²) in [4.78, 5) is 20.3. The van der Waals surface area contributed by atoms with Crippen molar-refractivity contribution in [2.75, 3.05) is 25.5 Å². The third kappa shape index (κ3) is 2.57. The molecular formula is C11H18N4OS. The summed E-state index contributed by atoms with van der Waals surface area (Å²) in [6.07, 6.45) is 3.14. The molecule has 1 unspecified atom stereocenters. The van der Waals surface area contributed by atoms with Crippen molar-refractivity contribution in [2.24, 2.45) is 0 Å². The van der Waals surface area contributed by atoms with Crippen molar-refractivity contribution in [3.05, 3.63) is 5.82 Å². The lowest BCUT2D eigenvalue weighted by atomic mass is 10.0. The Hall–Kier alpha value is -1.17. The van der Waals surface area contributed by atoms with Crippen LogP contribution < -0.4 is 4.90 Å². The number of aromatic nitrogens is 2. The number of hydrogen-bond donors (Lipinski definition) is 0. The normalized spacial score (nSPS) is 20.4. The van der Waals surface area contributed by atoms with Crippen LogP contribution in [0.4, 0.5) is 5.13 Å². The molecule has 1 atom stereocenters. The SMILES string of the molecule is Cc1nsc(N2CCCCC2C(=O)N(C)C)n1. The third-order valence-electron chi connectivity index (χ3n) is 2.99. The average Bonchev–Trinajstić information content (AvgIpc) is 2.74. The summed E-state index contributed by atoms with van der Waals surface area (Å²) < 4.78 is 4.19. The van der Waals surface area contributed by atoms with Gasteiger partial charge in [0.2, 0.25) is 11.0 Å². The van der Waals surface area contributed by atoms with Gasteiger partial charge in [-0.15, -0.1) is 0 Å². The van der Waals surface area contributed by atoms with Crippen LogP contribution in [-0.2, 0) is 4.79 Å². The third-order valence-corrected chi connectivity index (χ3v) is 3.84. The predicted octanol–water partition coefficient (Wildman–Crippen LogP) is 1.29. The van der Waals surface area contributed by atoms with Crippen LogP contribution >= 0.6 is 11.5 Å². The standard InChI is InChI=1S/C11H18N4OS/c1-8-12-11(17-13-8)15-7-5-4-6-9(15)10(16)14(2)3/h9H,4-7H2,1-3H3. The van der Waals surface area contributed by atoms with Crippen LogP contribution in [-0.4, -0.2) is 46.8 Å². The molecule has 1 amide bonds. The van der Waals surface area contributed by atoms with E-state index in [1.165, 1.54) is 11.5 Å². The monoisotopic (exact) mass is 254 g/mol. The zero-order valence-electron chi connectivity index (χ0n) is 10.5. The molecule has 1 aliphatic heterocycles. The minimum absolute atomic E-state index is 0.0638. The molecule has 0 aromatic carbocycles. The molecule has 0 aliphatic carbocycles. The van der Waals surface area contributed by atoms with Gasteiger partial charge >= 0.3 is 0 Å². The van der Waals surface area contributed by atoms with Gasteiger partial charge < -0.3 is 9.80 Å². The van der Waals surface area contributed by atoms with Crippen molar-refractivity contribution in [1.82, 2.24) is 14.3 Å². The van der Waals surface area contributed by atoms with Crippen molar-refractivity contribution >= 4 is 22.6 Å². The summed E-state index contributed by atoms with van der Waals surface area (Å²) in [5.41, 5.74) is 0. The van der Waals surface area contributed by atoms with Crippen LogP contribution in [0.15, 0.2) is 0 Å². The molecule has 17 heavy (non-hydrogen) atoms. The number of nitrogens with zero attached hydrogens (tertiary/aromatic N) is 4. The molecular weight excluding hydrogens is 236 g/mol. The first kappa shape index (κ1) is 12.3. The van der Waals surface area contributed by atoms with E-state index in [2.05, 4.69) is 14.3 Å². The highest BCUT2D eigenvalue weighted by Gasteiger charge is 2.31. The number of carbonyl (C=O) groups is 1. The van der Waals surface area contributed by atoms with E-state index in [1.807, 2.05) is 6.92 Å². The first-order valence-electron chi connectivity index (χ1n) is 5.87. The lowest BCUT2D eigenvalue weighted by Gasteiger charge is -2.35. The van der Waals surface area contributed by atoms with E-state index in [4.69, 9.17) is 0 Å². The molecule has 1 aromatic rings. The molecule has 1 fully saturated rings. The molecule has 0 spiro atoms. The molecule has 0 bridgehead atoms. The largest absolute Gasteiger partial charge is 0.347 e. The summed E-state index contributed by atoms with van der Waals surface area (Å²) in [6, 6.07) is -0.0638. The van der Waals surface area contributed by atoms with E-state index in [-0.39, 0.29) is 11.9 Å². The van der Waals surface area contributed by atoms with Crippen molar-refractivity contribution in [1.29, 1.82) is 0 Å². The quantitative estimate of drug-likeness (QED) is 0.798. The molecule has 5 nitrogen and oxygen atoms in total. The molecule has 0 radical (unpaired) electrons. The zero-order chi connectivity index (χ0) is 12.4. The van der Waals surface area contributed by atoms with Crippen LogP contribution in [0.2, 0.25) is 0 Å². The van der Waals surface area contributed by atoms with E-state index in [1.54, 1.807) is 19.0 Å². The first-order chi connectivity index (χ1) is 8.09. The van der Waals surface area contributed by atoms with Gasteiger partial charge in [0.25, 0.3) is 0 Å². The van der Waals surface area contributed by atoms with Gasteiger partial charge in [0.05, 0.1) is 0 Å². The minimum Gasteiger partial charge on any atom is -0.347 e. The highest BCUT2D eigenvalue weighted by atomic mass is 32.1. The van der Waals surface area contributed by atoms with Crippen molar-refractivity contribution < 1.29 is 4.79 Å². The number of rotatable bonds is 2. The summed E-state index contributed by atoms with van der Waals surface area (Å²) in [7, 11) is 3.61. The lowest BCUT2D eigenvalue weighted by Crippen LogP contribution is -2.49. The second-order valence-electron chi connectivity index (χ2n) is 4.56. The number of amides is 1. The van der Waals surface area contributed by atoms with Gasteiger partial charge in [0.15, 0.2) is 0 Å². The smallest absolute Gasteiger partial charge is 0.244 e. The van der Waals surface area contributed by atoms with Crippen molar-refractivity contribution in [2.45, 2.75) is 32.2 Å². The van der Waals surface area contributed by atoms with Gasteiger partial charge in [-0.1, -0.05) is 0 Å². The zero-order valence-corrected chi connectivity index (χ0v) is 11.3. The molecule has 0 saturated carbocycles. The van der Waals surface area contributed by atoms with Gasteiger partial charge in [-0.05, 0) is 26.2 Å². The van der Waals surface area contributed by atoms with Crippen molar-refractivity contribution in [3.63, 3.8) is 0 Å². The van der Waals surface area contributed by atoms with Gasteiger partial charge in [-0.2, -0.15) is 4.37 Å². The van der Waals surface area contributed by atoms with Gasteiger partial charge in [-0.25, -0.2) is 4.98 Å². The maximum atomic E-state index is 12.1. The molecule has 2 heterocycles. The number of likely N-dealkylation sites (N-methyl/N-ethyl adjacent to an activating group) is 1. The van der Waals surface area contributed by atoms with Crippen LogP contribution in [0.3, 0.4) is 0 Å². The number of aryl methyl sites for hydroxylation is 1. The Morgan fingerprint density at radius 3 is 2.82 bits per heavy atom. The minimum atomic E-state index is -0.0638. The Kier molecular flexibility index (Phi) is 3.61. The first-order valence-corrected chi connectivity index (χ1v) is 6.65. The molecule has 1 aromatic heterocycles. The molecule has 0 N–H and O–H groups in total. The highest BCUT2D eigenvalue weighted by molar-refractivity contribution is 7.09. The average molecular weight is 254 g/mol. The Bertz CT molecular complexity index is 404. The van der Waals surface area contributed by atoms with E-state index in [9.17, 15) is 4.79 Å². The van der Waals surface area contributed by atoms with Crippen LogP contribution in [0.5, 0.6) is 0 Å². The fourth-order valence-electron chi connectivity index (χ4n) is 2.12. The second-order valence-corrected chi connectivity index (χ2v) is 5.29. The summed E-state index contributed by atoms with van der Waals surface area (Å²) in [5, 5.41) is 0.877. The molecule has 94 valence electrons. The Balaban J connectivity index is 2.20. The van der Waals surface area contributed by atoms with Gasteiger partial charge in [0, 0.05) is 32.2 Å². The molecule has 1 aliphatic rings. The lowest BCUT2D eigenvalue weighted by molar-refractivity contribution is -0.130. The van der Waals surface area contributed by atoms with Gasteiger partial charge in [-0.3, -0.25) is 4.79 Å². The molecule has 6 heteroatoms. The predicted molar refractivity (Wildman–Crippen MR) is 68.3 cm³/mol.